The number of ketones is 2. The summed E-state index contributed by atoms with van der Waals surface area (Å²) in [5.74, 6) is -3.88. The predicted octanol–water partition coefficient (Wildman–Crippen LogP) is 1.82. The first kappa shape index (κ1) is 28.4. The molecule has 0 unspecified atom stereocenters. The fraction of sp³-hybridized carbons (Fsp3) is 0.696. The molecule has 1 rings (SSSR count). The Morgan fingerprint density at radius 1 is 1.15 bits per heavy atom. The predicted molar refractivity (Wildman–Crippen MR) is 117 cm³/mol. The third-order valence-corrected chi connectivity index (χ3v) is 5.20. The van der Waals surface area contributed by atoms with E-state index in [1.54, 1.807) is 13.8 Å². The minimum atomic E-state index is -1.50. The molecule has 0 aromatic heterocycles. The van der Waals surface area contributed by atoms with Crippen LogP contribution in [0.4, 0.5) is 4.79 Å². The molecule has 0 saturated carbocycles. The van der Waals surface area contributed by atoms with E-state index < -0.39 is 47.4 Å². The molecule has 3 atom stereocenters. The number of aliphatic hydroxyl groups is 1. The summed E-state index contributed by atoms with van der Waals surface area (Å²) in [6, 6.07) is -0.571. The number of amides is 2. The van der Waals surface area contributed by atoms with E-state index in [-0.39, 0.29) is 37.9 Å². The lowest BCUT2D eigenvalue weighted by molar-refractivity contribution is -0.158. The molecule has 2 amide bonds. The second-order valence-corrected chi connectivity index (χ2v) is 8.83. The molecule has 1 heterocycles. The number of nitrogens with zero attached hydrogens (tertiary/aromatic N) is 1. The zero-order valence-corrected chi connectivity index (χ0v) is 20.2. The van der Waals surface area contributed by atoms with Gasteiger partial charge in [-0.15, -0.1) is 0 Å². The van der Waals surface area contributed by atoms with Gasteiger partial charge >= 0.3 is 12.1 Å². The first-order chi connectivity index (χ1) is 15.3. The highest BCUT2D eigenvalue weighted by atomic mass is 16.6. The van der Waals surface area contributed by atoms with E-state index >= 15 is 0 Å². The van der Waals surface area contributed by atoms with Gasteiger partial charge in [-0.2, -0.15) is 0 Å². The molecule has 186 valence electrons. The van der Waals surface area contributed by atoms with Crippen molar-refractivity contribution in [2.75, 3.05) is 19.8 Å². The van der Waals surface area contributed by atoms with E-state index in [0.29, 0.717) is 6.42 Å². The Morgan fingerprint density at radius 2 is 1.79 bits per heavy atom. The van der Waals surface area contributed by atoms with Crippen molar-refractivity contribution in [1.29, 1.82) is 0 Å². The minimum Gasteiger partial charge on any atom is -0.453 e. The molecule has 1 aliphatic rings. The highest BCUT2D eigenvalue weighted by Gasteiger charge is 2.53. The number of hydrogen-bond acceptors (Lipinski definition) is 9. The van der Waals surface area contributed by atoms with Crippen LogP contribution in [0.3, 0.4) is 0 Å². The topological polar surface area (TPSA) is 137 Å². The summed E-state index contributed by atoms with van der Waals surface area (Å²) in [6.07, 6.45) is 0.234. The van der Waals surface area contributed by atoms with Gasteiger partial charge in [-0.1, -0.05) is 13.8 Å². The number of esters is 1. The molecule has 33 heavy (non-hydrogen) atoms. The smallest absolute Gasteiger partial charge is 0.417 e. The fourth-order valence-electron chi connectivity index (χ4n) is 3.89. The summed E-state index contributed by atoms with van der Waals surface area (Å²) < 4.78 is 15.5. The Labute approximate surface area is 194 Å². The summed E-state index contributed by atoms with van der Waals surface area (Å²) in [5, 5.41) is 8.64. The standard InChI is InChI=1S/C23H35NO9/c1-14(2)20-23(5,6)33-22(30)24(20)21(29)15(3)19(32-16(4)26)18(28)10-9-17(27)8-7-12-31-13-11-25/h9-10,14-15,19-20,25H,7-8,11-13H2,1-6H3/t15-,19-,20-/m0/s1. The Balaban J connectivity index is 2.95. The summed E-state index contributed by atoms with van der Waals surface area (Å²) in [6.45, 7) is 9.93. The number of carbonyl (C=O) groups excluding carboxylic acids is 5. The fourth-order valence-corrected chi connectivity index (χ4v) is 3.89. The average Bonchev–Trinajstić information content (AvgIpc) is 2.97. The van der Waals surface area contributed by atoms with Gasteiger partial charge in [0.05, 0.1) is 25.2 Å². The summed E-state index contributed by atoms with van der Waals surface area (Å²) in [4.78, 5) is 63.0. The Hall–Kier alpha value is -2.59. The highest BCUT2D eigenvalue weighted by Crippen LogP contribution is 2.35. The lowest BCUT2D eigenvalue weighted by atomic mass is 9.87. The Bertz CT molecular complexity index is 772. The van der Waals surface area contributed by atoms with Crippen LogP contribution < -0.4 is 0 Å². The molecule has 1 fully saturated rings. The van der Waals surface area contributed by atoms with Crippen LogP contribution in [0, 0.1) is 11.8 Å². The molecule has 1 saturated heterocycles. The Morgan fingerprint density at radius 3 is 2.33 bits per heavy atom. The van der Waals surface area contributed by atoms with Gasteiger partial charge in [0.15, 0.2) is 17.7 Å². The lowest BCUT2D eigenvalue weighted by Crippen LogP contribution is -2.52. The normalized spacial score (nSPS) is 19.5. The van der Waals surface area contributed by atoms with Gasteiger partial charge in [-0.3, -0.25) is 19.2 Å². The average molecular weight is 470 g/mol. The van der Waals surface area contributed by atoms with Crippen LogP contribution in [0.2, 0.25) is 0 Å². The van der Waals surface area contributed by atoms with Crippen molar-refractivity contribution >= 4 is 29.5 Å². The highest BCUT2D eigenvalue weighted by molar-refractivity contribution is 6.04. The summed E-state index contributed by atoms with van der Waals surface area (Å²) in [7, 11) is 0. The number of allylic oxidation sites excluding steroid dienone is 1. The maximum atomic E-state index is 13.2. The largest absolute Gasteiger partial charge is 0.453 e. The second kappa shape index (κ2) is 12.6. The lowest BCUT2D eigenvalue weighted by Gasteiger charge is -2.33. The molecule has 1 N–H and O–H groups in total. The molecular formula is C23H35NO9. The third-order valence-electron chi connectivity index (χ3n) is 5.20. The molecule has 0 radical (unpaired) electrons. The van der Waals surface area contributed by atoms with E-state index in [2.05, 4.69) is 0 Å². The maximum Gasteiger partial charge on any atom is 0.417 e. The second-order valence-electron chi connectivity index (χ2n) is 8.83. The van der Waals surface area contributed by atoms with Crippen LogP contribution in [0.25, 0.3) is 0 Å². The van der Waals surface area contributed by atoms with Gasteiger partial charge < -0.3 is 19.3 Å². The van der Waals surface area contributed by atoms with Crippen LogP contribution in [-0.2, 0) is 33.4 Å². The number of imide groups is 1. The van der Waals surface area contributed by atoms with Gasteiger partial charge in [0.25, 0.3) is 0 Å². The van der Waals surface area contributed by atoms with Crippen molar-refractivity contribution in [2.45, 2.75) is 72.1 Å². The summed E-state index contributed by atoms with van der Waals surface area (Å²) >= 11 is 0. The first-order valence-corrected chi connectivity index (χ1v) is 11.0. The third kappa shape index (κ3) is 8.04. The van der Waals surface area contributed by atoms with Crippen molar-refractivity contribution in [3.63, 3.8) is 0 Å². The van der Waals surface area contributed by atoms with Gasteiger partial charge in [0, 0.05) is 20.0 Å². The molecule has 0 spiro atoms. The number of carbonyl (C=O) groups is 5. The van der Waals surface area contributed by atoms with Gasteiger partial charge in [0.1, 0.15) is 5.60 Å². The van der Waals surface area contributed by atoms with Crippen molar-refractivity contribution in [3.8, 4) is 0 Å². The van der Waals surface area contributed by atoms with Crippen molar-refractivity contribution in [3.05, 3.63) is 12.2 Å². The minimum absolute atomic E-state index is 0.110. The zero-order chi connectivity index (χ0) is 25.3. The van der Waals surface area contributed by atoms with E-state index in [4.69, 9.17) is 19.3 Å². The van der Waals surface area contributed by atoms with Crippen molar-refractivity contribution < 1.29 is 43.3 Å². The SMILES string of the molecule is CC(=O)O[C@H](C(=O)C=CC(=O)CCCOCCO)[C@H](C)C(=O)N1C(=O)OC(C)(C)[C@@H]1C(C)C. The quantitative estimate of drug-likeness (QED) is 0.243. The number of cyclic esters (lactones) is 1. The van der Waals surface area contributed by atoms with Gasteiger partial charge in [-0.05, 0) is 45.3 Å². The first-order valence-electron chi connectivity index (χ1n) is 11.0. The number of rotatable bonds is 13. The van der Waals surface area contributed by atoms with Crippen LogP contribution in [0.15, 0.2) is 12.2 Å². The number of aliphatic hydroxyl groups excluding tert-OH is 1. The van der Waals surface area contributed by atoms with Crippen LogP contribution >= 0.6 is 0 Å². The van der Waals surface area contributed by atoms with Crippen LogP contribution in [0.5, 0.6) is 0 Å². The molecular weight excluding hydrogens is 434 g/mol. The monoisotopic (exact) mass is 469 g/mol. The molecule has 10 nitrogen and oxygen atoms in total. The molecule has 1 aliphatic heterocycles. The van der Waals surface area contributed by atoms with E-state index in [9.17, 15) is 24.0 Å². The van der Waals surface area contributed by atoms with Crippen molar-refractivity contribution in [2.24, 2.45) is 11.8 Å². The van der Waals surface area contributed by atoms with Gasteiger partial charge in [-0.25, -0.2) is 9.69 Å². The van der Waals surface area contributed by atoms with E-state index in [0.717, 1.165) is 24.0 Å². The molecule has 0 bridgehead atoms. The molecule has 0 aromatic rings. The van der Waals surface area contributed by atoms with Crippen molar-refractivity contribution in [1.82, 2.24) is 4.90 Å². The zero-order valence-electron chi connectivity index (χ0n) is 20.2. The summed E-state index contributed by atoms with van der Waals surface area (Å²) in [5.41, 5.74) is -0.922. The van der Waals surface area contributed by atoms with Crippen LogP contribution in [0.1, 0.15) is 54.4 Å². The molecule has 0 aliphatic carbocycles. The van der Waals surface area contributed by atoms with E-state index in [1.165, 1.54) is 6.92 Å². The molecule has 0 aromatic carbocycles. The Kier molecular flexibility index (Phi) is 10.9. The van der Waals surface area contributed by atoms with Crippen LogP contribution in [-0.4, -0.2) is 77.1 Å². The maximum absolute atomic E-state index is 13.2. The van der Waals surface area contributed by atoms with Gasteiger partial charge in [0.2, 0.25) is 5.91 Å². The number of hydrogen-bond donors (Lipinski definition) is 1. The molecule has 10 heteroatoms. The van der Waals surface area contributed by atoms with E-state index in [1.807, 2.05) is 13.8 Å². The number of ether oxygens (including phenoxy) is 3.